The number of nitrogen functional groups attached to an aromatic ring is 1. The zero-order chi connectivity index (χ0) is 29.3. The number of amides is 1. The molecule has 1 aliphatic heterocycles. The van der Waals surface area contributed by atoms with E-state index in [0.29, 0.717) is 29.9 Å². The number of nitrogens with two attached hydrogens (primary N) is 2. The van der Waals surface area contributed by atoms with Gasteiger partial charge in [0.05, 0.1) is 5.39 Å². The van der Waals surface area contributed by atoms with Crippen molar-refractivity contribution >= 4 is 22.8 Å². The maximum Gasteiger partial charge on any atom is 0.249 e. The van der Waals surface area contributed by atoms with Gasteiger partial charge < -0.3 is 20.8 Å². The van der Waals surface area contributed by atoms with E-state index in [0.717, 1.165) is 77.8 Å². The van der Waals surface area contributed by atoms with E-state index in [9.17, 15) is 4.79 Å². The van der Waals surface area contributed by atoms with Crippen LogP contribution in [0, 0.1) is 5.92 Å². The summed E-state index contributed by atoms with van der Waals surface area (Å²) >= 11 is 0. The molecule has 1 saturated heterocycles. The van der Waals surface area contributed by atoms with Gasteiger partial charge in [-0.15, -0.1) is 0 Å². The molecule has 1 saturated carbocycles. The lowest BCUT2D eigenvalue weighted by Gasteiger charge is -2.40. The van der Waals surface area contributed by atoms with Gasteiger partial charge in [-0.25, -0.2) is 9.97 Å². The van der Waals surface area contributed by atoms with E-state index in [4.69, 9.17) is 16.2 Å². The molecule has 8 heteroatoms. The molecular formula is C35H36N6O2. The minimum Gasteiger partial charge on any atom is -0.489 e. The second-order valence-corrected chi connectivity index (χ2v) is 11.8. The fourth-order valence-corrected chi connectivity index (χ4v) is 6.92. The van der Waals surface area contributed by atoms with Crippen molar-refractivity contribution < 1.29 is 9.53 Å². The third-order valence-corrected chi connectivity index (χ3v) is 9.08. The first kappa shape index (κ1) is 27.2. The molecule has 2 aromatic heterocycles. The molecule has 218 valence electrons. The Morgan fingerprint density at radius 1 is 0.977 bits per heavy atom. The van der Waals surface area contributed by atoms with Gasteiger partial charge in [0.2, 0.25) is 5.91 Å². The highest BCUT2D eigenvalue weighted by Gasteiger charge is 2.37. The van der Waals surface area contributed by atoms with Crippen LogP contribution in [-0.2, 0) is 6.61 Å². The summed E-state index contributed by atoms with van der Waals surface area (Å²) in [7, 11) is 0. The molecule has 0 unspecified atom stereocenters. The minimum absolute atomic E-state index is 0.241. The average molecular weight is 573 g/mol. The Bertz CT molecular complexity index is 1760. The van der Waals surface area contributed by atoms with Crippen molar-refractivity contribution in [3.8, 4) is 16.9 Å². The van der Waals surface area contributed by atoms with Gasteiger partial charge in [0.15, 0.2) is 0 Å². The molecule has 0 bridgehead atoms. The van der Waals surface area contributed by atoms with E-state index >= 15 is 0 Å². The van der Waals surface area contributed by atoms with Gasteiger partial charge in [0, 0.05) is 36.0 Å². The quantitative estimate of drug-likeness (QED) is 0.219. The Morgan fingerprint density at radius 2 is 1.79 bits per heavy atom. The van der Waals surface area contributed by atoms with E-state index in [1.807, 2.05) is 48.5 Å². The molecule has 0 radical (unpaired) electrons. The first-order chi connectivity index (χ1) is 21.0. The van der Waals surface area contributed by atoms with Crippen molar-refractivity contribution in [2.24, 2.45) is 11.7 Å². The van der Waals surface area contributed by atoms with E-state index in [-0.39, 0.29) is 11.9 Å². The number of benzene rings is 3. The molecule has 1 atom stereocenters. The van der Waals surface area contributed by atoms with E-state index in [1.54, 1.807) is 6.33 Å². The highest BCUT2D eigenvalue weighted by atomic mass is 16.5. The second-order valence-electron chi connectivity index (χ2n) is 11.8. The average Bonchev–Trinajstić information content (AvgIpc) is 3.64. The summed E-state index contributed by atoms with van der Waals surface area (Å²) in [5, 5.41) is 0.883. The highest BCUT2D eigenvalue weighted by molar-refractivity contribution is 6.00. The van der Waals surface area contributed by atoms with Crippen molar-refractivity contribution in [1.29, 1.82) is 0 Å². The van der Waals surface area contributed by atoms with Crippen LogP contribution in [-0.4, -0.2) is 38.4 Å². The van der Waals surface area contributed by atoms with E-state index < -0.39 is 0 Å². The molecule has 8 nitrogen and oxygen atoms in total. The van der Waals surface area contributed by atoms with Crippen molar-refractivity contribution in [3.63, 3.8) is 0 Å². The van der Waals surface area contributed by atoms with Crippen LogP contribution in [0.2, 0.25) is 0 Å². The maximum absolute atomic E-state index is 12.1. The van der Waals surface area contributed by atoms with Crippen LogP contribution in [0.5, 0.6) is 5.75 Å². The first-order valence-corrected chi connectivity index (χ1v) is 15.1. The zero-order valence-electron chi connectivity index (χ0n) is 24.1. The zero-order valence-corrected chi connectivity index (χ0v) is 24.1. The molecule has 2 fully saturated rings. The van der Waals surface area contributed by atoms with Crippen LogP contribution < -0.4 is 16.2 Å². The topological polar surface area (TPSA) is 112 Å². The molecule has 7 rings (SSSR count). The Hall–Kier alpha value is -4.69. The van der Waals surface area contributed by atoms with Gasteiger partial charge in [-0.2, -0.15) is 0 Å². The SMILES string of the molecule is NC(=O)c1ccccc1[C@@H]1CCCN1C[C@H]1C[C@H](n2cc(-c3cccc(OCc4ccccc4)c3)c3c(N)ncnc32)C1. The van der Waals surface area contributed by atoms with Crippen LogP contribution in [0.1, 0.15) is 59.3 Å². The summed E-state index contributed by atoms with van der Waals surface area (Å²) in [4.78, 5) is 23.7. The largest absolute Gasteiger partial charge is 0.489 e. The molecular weight excluding hydrogens is 536 g/mol. The molecule has 3 aromatic carbocycles. The number of fused-ring (bicyclic) bond motifs is 1. The van der Waals surface area contributed by atoms with Gasteiger partial charge in [0.1, 0.15) is 30.1 Å². The fourth-order valence-electron chi connectivity index (χ4n) is 6.92. The van der Waals surface area contributed by atoms with Gasteiger partial charge in [-0.1, -0.05) is 60.7 Å². The summed E-state index contributed by atoms with van der Waals surface area (Å²) in [6.45, 7) is 2.56. The fraction of sp³-hybridized carbons (Fsp3) is 0.286. The van der Waals surface area contributed by atoms with Crippen molar-refractivity contribution in [2.45, 2.75) is 44.4 Å². The van der Waals surface area contributed by atoms with Gasteiger partial charge in [-0.3, -0.25) is 9.69 Å². The van der Waals surface area contributed by atoms with Crippen LogP contribution >= 0.6 is 0 Å². The van der Waals surface area contributed by atoms with Crippen LogP contribution in [0.4, 0.5) is 5.82 Å². The molecule has 1 amide bonds. The lowest BCUT2D eigenvalue weighted by atomic mass is 9.79. The van der Waals surface area contributed by atoms with Crippen molar-refractivity contribution in [1.82, 2.24) is 19.4 Å². The Morgan fingerprint density at radius 3 is 2.63 bits per heavy atom. The number of carbonyl (C=O) groups excluding carboxylic acids is 1. The van der Waals surface area contributed by atoms with Crippen molar-refractivity contribution in [3.05, 3.63) is 108 Å². The predicted octanol–water partition coefficient (Wildman–Crippen LogP) is 6.15. The van der Waals surface area contributed by atoms with Crippen molar-refractivity contribution in [2.75, 3.05) is 18.8 Å². The lowest BCUT2D eigenvalue weighted by molar-refractivity contribution is 0.0993. The second kappa shape index (κ2) is 11.5. The molecule has 43 heavy (non-hydrogen) atoms. The summed E-state index contributed by atoms with van der Waals surface area (Å²) in [6, 6.07) is 26.7. The normalized spacial score (nSPS) is 20.2. The van der Waals surface area contributed by atoms with Crippen LogP contribution in [0.15, 0.2) is 91.4 Å². The molecule has 1 aliphatic carbocycles. The number of ether oxygens (including phenoxy) is 1. The van der Waals surface area contributed by atoms with Gasteiger partial charge in [-0.05, 0) is 73.0 Å². The standard InChI is InChI=1S/C35H36N6O2/c36-33-32-30(25-10-6-11-27(18-25)43-21-23-8-2-1-3-9-23)20-41(35(32)39-22-38-33)26-16-24(17-26)19-40-15-7-14-31(40)28-12-4-5-13-29(28)34(37)42/h1-6,8-13,18,20,22,24,26,31H,7,14-17,19,21H2,(H2,37,42)(H2,36,38,39)/t24-,26-,31-/m0/s1. The van der Waals surface area contributed by atoms with Crippen LogP contribution in [0.25, 0.3) is 22.2 Å². The van der Waals surface area contributed by atoms with Gasteiger partial charge >= 0.3 is 0 Å². The minimum atomic E-state index is -0.351. The molecule has 2 aliphatic rings. The smallest absolute Gasteiger partial charge is 0.249 e. The summed E-state index contributed by atoms with van der Waals surface area (Å²) in [5.41, 5.74) is 17.9. The van der Waals surface area contributed by atoms with E-state index in [2.05, 4.69) is 56.0 Å². The summed E-state index contributed by atoms with van der Waals surface area (Å²) < 4.78 is 8.41. The Balaban J connectivity index is 1.09. The Kier molecular flexibility index (Phi) is 7.28. The molecule has 5 aromatic rings. The molecule has 4 N–H and O–H groups in total. The number of rotatable bonds is 9. The summed E-state index contributed by atoms with van der Waals surface area (Å²) in [5.74, 6) is 1.51. The number of nitrogens with zero attached hydrogens (tertiary/aromatic N) is 4. The first-order valence-electron chi connectivity index (χ1n) is 15.1. The van der Waals surface area contributed by atoms with E-state index in [1.165, 1.54) is 0 Å². The Labute approximate surface area is 251 Å². The highest BCUT2D eigenvalue weighted by Crippen LogP contribution is 2.45. The lowest BCUT2D eigenvalue weighted by Crippen LogP contribution is -2.37. The number of anilines is 1. The molecule has 3 heterocycles. The monoisotopic (exact) mass is 572 g/mol. The third kappa shape index (κ3) is 5.34. The third-order valence-electron chi connectivity index (χ3n) is 9.08. The summed E-state index contributed by atoms with van der Waals surface area (Å²) in [6.07, 6.45) is 8.05. The maximum atomic E-state index is 12.1. The van der Waals surface area contributed by atoms with Crippen LogP contribution in [0.3, 0.4) is 0 Å². The van der Waals surface area contributed by atoms with Gasteiger partial charge in [0.25, 0.3) is 0 Å². The number of likely N-dealkylation sites (tertiary alicyclic amines) is 1. The number of hydrogen-bond donors (Lipinski definition) is 2. The number of aromatic nitrogens is 3. The number of primary amides is 1. The molecule has 0 spiro atoms. The predicted molar refractivity (Wildman–Crippen MR) is 168 cm³/mol. The number of carbonyl (C=O) groups is 1. The number of hydrogen-bond acceptors (Lipinski definition) is 6.